The Morgan fingerprint density at radius 3 is 2.34 bits per heavy atom. The zero-order valence-electron chi connectivity index (χ0n) is 34.4. The van der Waals surface area contributed by atoms with Gasteiger partial charge >= 0.3 is 0 Å². The van der Waals surface area contributed by atoms with Gasteiger partial charge < -0.3 is 25.4 Å². The Labute approximate surface area is 336 Å². The average Bonchev–Trinajstić information content (AvgIpc) is 3.91. The number of anilines is 1. The first-order valence-electron chi connectivity index (χ1n) is 20.2. The number of carbonyl (C=O) groups is 3. The number of pyridine rings is 1. The van der Waals surface area contributed by atoms with Crippen molar-refractivity contribution in [1.82, 2.24) is 35.1 Å². The molecule has 1 aliphatic heterocycles. The number of carbonyl (C=O) groups excluding carboxylic acids is 3. The van der Waals surface area contributed by atoms with E-state index in [2.05, 4.69) is 84.2 Å². The van der Waals surface area contributed by atoms with Crippen LogP contribution in [-0.4, -0.2) is 67.3 Å². The highest BCUT2D eigenvalue weighted by Crippen LogP contribution is 2.53. The van der Waals surface area contributed by atoms with Crippen LogP contribution in [0.1, 0.15) is 119 Å². The largest absolute Gasteiger partial charge is 0.384 e. The number of unbranched alkanes of at least 4 members (excludes halogenated alkanes) is 2. The van der Waals surface area contributed by atoms with Gasteiger partial charge in [-0.25, -0.2) is 15.0 Å². The fourth-order valence-electron chi connectivity index (χ4n) is 9.19. The van der Waals surface area contributed by atoms with E-state index >= 15 is 0 Å². The molecule has 4 aromatic rings. The second-order valence-corrected chi connectivity index (χ2v) is 18.3. The molecule has 1 aliphatic carbocycles. The van der Waals surface area contributed by atoms with Crippen molar-refractivity contribution in [2.75, 3.05) is 18.4 Å². The molecule has 300 valence electrons. The number of aryl methyl sites for hydroxylation is 2. The number of nitrogens with one attached hydrogen (secondary N) is 3. The van der Waals surface area contributed by atoms with Crippen LogP contribution < -0.4 is 16.0 Å². The highest BCUT2D eigenvalue weighted by atomic mass is 32.1. The predicted octanol–water partition coefficient (Wildman–Crippen LogP) is 7.67. The first-order chi connectivity index (χ1) is 26.7. The topological polar surface area (TPSA) is 134 Å². The Bertz CT molecular complexity index is 1970. The molecule has 0 bridgehead atoms. The number of aromatic nitrogens is 4. The zero-order chi connectivity index (χ0) is 40.2. The smallest absolute Gasteiger partial charge is 0.270 e. The molecule has 1 aromatic carbocycles. The fourth-order valence-corrected chi connectivity index (χ4v) is 10.0. The van der Waals surface area contributed by atoms with Crippen LogP contribution in [0.5, 0.6) is 0 Å². The molecule has 0 radical (unpaired) electrons. The van der Waals surface area contributed by atoms with E-state index < -0.39 is 12.0 Å². The maximum absolute atomic E-state index is 14.2. The summed E-state index contributed by atoms with van der Waals surface area (Å²) in [5.74, 6) is 0.0922. The molecule has 3 aromatic heterocycles. The Morgan fingerprint density at radius 2 is 1.70 bits per heavy atom. The summed E-state index contributed by atoms with van der Waals surface area (Å²) in [7, 11) is 2.00. The quantitative estimate of drug-likeness (QED) is 0.0994. The molecule has 6 rings (SSSR count). The van der Waals surface area contributed by atoms with Crippen molar-refractivity contribution < 1.29 is 14.4 Å². The van der Waals surface area contributed by atoms with E-state index in [0.717, 1.165) is 84.0 Å². The van der Waals surface area contributed by atoms with Gasteiger partial charge in [0.1, 0.15) is 17.6 Å². The maximum atomic E-state index is 14.2. The summed E-state index contributed by atoms with van der Waals surface area (Å²) < 4.78 is 2.08. The Morgan fingerprint density at radius 1 is 0.946 bits per heavy atom. The van der Waals surface area contributed by atoms with Gasteiger partial charge in [0.2, 0.25) is 11.8 Å². The SMILES string of the molecule is Cc1ncsc1-c1ccc(CNC(=O)[C@@H]2CCCN2C(=O)[C@@H](c2ncc(CCCCCNc3ccc(C(=O)NC4C(C)(C)CC4(C)C)nc3)n2C)C(C)C)cc1. The van der Waals surface area contributed by atoms with E-state index in [0.29, 0.717) is 25.2 Å². The van der Waals surface area contributed by atoms with Crippen molar-refractivity contribution >= 4 is 34.7 Å². The lowest BCUT2D eigenvalue weighted by Gasteiger charge is -2.57. The van der Waals surface area contributed by atoms with Crippen molar-refractivity contribution in [2.45, 2.75) is 118 Å². The number of likely N-dealkylation sites (tertiary alicyclic amines) is 1. The van der Waals surface area contributed by atoms with Gasteiger partial charge in [-0.1, -0.05) is 72.2 Å². The second-order valence-electron chi connectivity index (χ2n) is 17.5. The minimum absolute atomic E-state index is 0.0208. The highest BCUT2D eigenvalue weighted by molar-refractivity contribution is 7.13. The fraction of sp³-hybridized carbons (Fsp3) is 0.545. The van der Waals surface area contributed by atoms with E-state index in [-0.39, 0.29) is 40.5 Å². The number of nitrogens with zero attached hydrogens (tertiary/aromatic N) is 5. The Balaban J connectivity index is 0.950. The molecule has 11 nitrogen and oxygen atoms in total. The minimum atomic E-state index is -0.485. The third-order valence-electron chi connectivity index (χ3n) is 11.8. The van der Waals surface area contributed by atoms with Crippen LogP contribution >= 0.6 is 11.3 Å². The van der Waals surface area contributed by atoms with Crippen LogP contribution in [0.4, 0.5) is 5.69 Å². The number of benzene rings is 1. The monoisotopic (exact) mass is 780 g/mol. The number of hydrogen-bond acceptors (Lipinski definition) is 8. The maximum Gasteiger partial charge on any atom is 0.270 e. The lowest BCUT2D eigenvalue weighted by molar-refractivity contribution is -0.140. The molecule has 4 heterocycles. The molecule has 0 unspecified atom stereocenters. The molecule has 3 amide bonds. The van der Waals surface area contributed by atoms with Gasteiger partial charge in [0.15, 0.2) is 0 Å². The first kappa shape index (κ1) is 41.1. The third-order valence-corrected chi connectivity index (χ3v) is 12.8. The van der Waals surface area contributed by atoms with Crippen LogP contribution in [0.2, 0.25) is 0 Å². The highest BCUT2D eigenvalue weighted by Gasteiger charge is 2.53. The van der Waals surface area contributed by atoms with Crippen molar-refractivity contribution in [3.8, 4) is 10.4 Å². The number of amides is 3. The molecule has 2 fully saturated rings. The second kappa shape index (κ2) is 17.3. The normalized spacial score (nSPS) is 18.1. The van der Waals surface area contributed by atoms with E-state index in [9.17, 15) is 14.4 Å². The van der Waals surface area contributed by atoms with Gasteiger partial charge in [0.05, 0.1) is 33.9 Å². The molecule has 2 aliphatic rings. The summed E-state index contributed by atoms with van der Waals surface area (Å²) in [5.41, 5.74) is 7.62. The summed E-state index contributed by atoms with van der Waals surface area (Å²) in [4.78, 5) is 57.0. The van der Waals surface area contributed by atoms with Gasteiger partial charge in [-0.3, -0.25) is 14.4 Å². The molecule has 2 atom stereocenters. The number of imidazole rings is 1. The third kappa shape index (κ3) is 9.17. The van der Waals surface area contributed by atoms with Gasteiger partial charge in [-0.15, -0.1) is 11.3 Å². The van der Waals surface area contributed by atoms with Crippen LogP contribution in [0.25, 0.3) is 10.4 Å². The first-order valence-corrected chi connectivity index (χ1v) is 21.1. The van der Waals surface area contributed by atoms with Crippen LogP contribution in [0, 0.1) is 23.7 Å². The van der Waals surface area contributed by atoms with E-state index in [1.807, 2.05) is 43.9 Å². The van der Waals surface area contributed by atoms with Crippen LogP contribution in [0.3, 0.4) is 0 Å². The van der Waals surface area contributed by atoms with Crippen LogP contribution in [-0.2, 0) is 29.6 Å². The Kier molecular flexibility index (Phi) is 12.7. The van der Waals surface area contributed by atoms with Crippen molar-refractivity contribution in [3.63, 3.8) is 0 Å². The lowest BCUT2D eigenvalue weighted by atomic mass is 9.52. The molecule has 3 N–H and O–H groups in total. The summed E-state index contributed by atoms with van der Waals surface area (Å²) >= 11 is 1.62. The van der Waals surface area contributed by atoms with Crippen molar-refractivity contribution in [1.29, 1.82) is 0 Å². The average molecular weight is 781 g/mol. The summed E-state index contributed by atoms with van der Waals surface area (Å²) in [6.07, 6.45) is 10.1. The van der Waals surface area contributed by atoms with Gasteiger partial charge in [0.25, 0.3) is 5.91 Å². The lowest BCUT2D eigenvalue weighted by Crippen LogP contribution is -2.63. The molecule has 56 heavy (non-hydrogen) atoms. The molecule has 1 saturated heterocycles. The van der Waals surface area contributed by atoms with Gasteiger partial charge in [-0.05, 0) is 85.5 Å². The van der Waals surface area contributed by atoms with Gasteiger partial charge in [0, 0.05) is 44.6 Å². The van der Waals surface area contributed by atoms with Crippen LogP contribution in [0.15, 0.2) is 54.3 Å². The van der Waals surface area contributed by atoms with E-state index in [1.165, 1.54) is 0 Å². The molecule has 12 heteroatoms. The Hall–Kier alpha value is -4.58. The summed E-state index contributed by atoms with van der Waals surface area (Å²) in [6.45, 7) is 16.7. The van der Waals surface area contributed by atoms with Gasteiger partial charge in [-0.2, -0.15) is 0 Å². The molecule has 1 saturated carbocycles. The summed E-state index contributed by atoms with van der Waals surface area (Å²) in [5, 5.41) is 9.73. The number of rotatable bonds is 16. The van der Waals surface area contributed by atoms with Crippen molar-refractivity contribution in [2.24, 2.45) is 23.8 Å². The van der Waals surface area contributed by atoms with E-state index in [4.69, 9.17) is 4.98 Å². The predicted molar refractivity (Wildman–Crippen MR) is 223 cm³/mol. The number of hydrogen-bond donors (Lipinski definition) is 3. The summed E-state index contributed by atoms with van der Waals surface area (Å²) in [6, 6.07) is 11.6. The molecule has 0 spiro atoms. The molecular weight excluding hydrogens is 721 g/mol. The standard InChI is InChI=1S/C44H60N8O3S/c1-28(2)36(41(55)52-22-12-14-35(52)40(54)48-23-30-15-17-31(18-16-30)37-29(3)49-27-56-37)38-47-25-33(51(38)8)13-10-9-11-21-45-32-19-20-34(46-24-32)39(53)50-42-43(4,5)26-44(42,6)7/h15-20,24-25,27-28,35-36,42,45H,9-14,21-23,26H2,1-8H3,(H,48,54)(H,50,53)/t35-,36+/m0/s1. The molecular formula is C44H60N8O3S. The number of thiazole rings is 1. The van der Waals surface area contributed by atoms with Crippen molar-refractivity contribution in [3.05, 3.63) is 82.8 Å². The minimum Gasteiger partial charge on any atom is -0.384 e. The van der Waals surface area contributed by atoms with E-state index in [1.54, 1.807) is 28.5 Å². The zero-order valence-corrected chi connectivity index (χ0v) is 35.3.